The Balaban J connectivity index is 2.49. The monoisotopic (exact) mass is 265 g/mol. The minimum Gasteiger partial charge on any atom is -0.390 e. The predicted octanol–water partition coefficient (Wildman–Crippen LogP) is 1.79. The normalized spacial score (nSPS) is 10.3. The molecule has 0 aliphatic rings. The largest absolute Gasteiger partial charge is 0.390 e. The first kappa shape index (κ1) is 10.2. The van der Waals surface area contributed by atoms with Crippen LogP contribution in [0.1, 0.15) is 5.69 Å². The van der Waals surface area contributed by atoms with E-state index in [2.05, 4.69) is 30.9 Å². The van der Waals surface area contributed by atoms with Crippen molar-refractivity contribution in [1.82, 2.24) is 15.0 Å². The Morgan fingerprint density at radius 3 is 2.80 bits per heavy atom. The van der Waals surface area contributed by atoms with Gasteiger partial charge in [-0.25, -0.2) is 9.97 Å². The molecule has 0 bridgehead atoms. The molecule has 0 saturated carbocycles. The van der Waals surface area contributed by atoms with Crippen LogP contribution >= 0.6 is 15.9 Å². The average Bonchev–Trinajstić information content (AvgIpc) is 2.30. The number of aliphatic hydroxyl groups excluding tert-OH is 1. The van der Waals surface area contributed by atoms with E-state index in [0.29, 0.717) is 17.2 Å². The number of aromatic nitrogens is 3. The lowest BCUT2D eigenvalue weighted by atomic mass is 10.3. The Bertz CT molecular complexity index is 476. The summed E-state index contributed by atoms with van der Waals surface area (Å²) < 4.78 is 0.833. The molecule has 0 spiro atoms. The topological polar surface area (TPSA) is 58.9 Å². The second kappa shape index (κ2) is 4.46. The van der Waals surface area contributed by atoms with Crippen LogP contribution in [0.4, 0.5) is 0 Å². The van der Waals surface area contributed by atoms with Crippen LogP contribution in [0.25, 0.3) is 11.5 Å². The molecule has 0 aliphatic heterocycles. The summed E-state index contributed by atoms with van der Waals surface area (Å²) in [5.74, 6) is 0.508. The molecule has 2 aromatic rings. The molecule has 0 saturated heterocycles. The molecule has 0 fully saturated rings. The fraction of sp³-hybridized carbons (Fsp3) is 0.100. The Morgan fingerprint density at radius 2 is 2.07 bits per heavy atom. The highest BCUT2D eigenvalue weighted by Crippen LogP contribution is 2.22. The third-order valence-corrected chi connectivity index (χ3v) is 2.49. The zero-order valence-corrected chi connectivity index (χ0v) is 9.35. The van der Waals surface area contributed by atoms with Crippen LogP contribution < -0.4 is 0 Å². The fourth-order valence-electron chi connectivity index (χ4n) is 1.15. The van der Waals surface area contributed by atoms with E-state index in [1.54, 1.807) is 18.5 Å². The number of halogens is 1. The van der Waals surface area contributed by atoms with Gasteiger partial charge in [0.25, 0.3) is 0 Å². The first-order valence-electron chi connectivity index (χ1n) is 4.35. The Morgan fingerprint density at radius 1 is 1.20 bits per heavy atom. The van der Waals surface area contributed by atoms with Crippen molar-refractivity contribution in [2.45, 2.75) is 6.61 Å². The zero-order valence-electron chi connectivity index (χ0n) is 7.76. The summed E-state index contributed by atoms with van der Waals surface area (Å²) in [5, 5.41) is 8.96. The predicted molar refractivity (Wildman–Crippen MR) is 58.9 cm³/mol. The standard InChI is InChI=1S/C10H8BrN3O/c11-8-2-1-4-12-9(8)10-13-5-3-7(6-15)14-10/h1-5,15H,6H2. The smallest absolute Gasteiger partial charge is 0.179 e. The van der Waals surface area contributed by atoms with E-state index in [0.717, 1.165) is 4.47 Å². The molecule has 1 N–H and O–H groups in total. The number of rotatable bonds is 2. The number of hydrogen-bond acceptors (Lipinski definition) is 4. The van der Waals surface area contributed by atoms with Crippen molar-refractivity contribution in [1.29, 1.82) is 0 Å². The minimum atomic E-state index is -0.0972. The molecule has 0 unspecified atom stereocenters. The maximum atomic E-state index is 8.96. The van der Waals surface area contributed by atoms with Crippen LogP contribution in [0.5, 0.6) is 0 Å². The Labute approximate surface area is 95.2 Å². The van der Waals surface area contributed by atoms with E-state index >= 15 is 0 Å². The van der Waals surface area contributed by atoms with Gasteiger partial charge in [-0.05, 0) is 34.1 Å². The molecule has 2 rings (SSSR count). The SMILES string of the molecule is OCc1ccnc(-c2ncccc2Br)n1. The van der Waals surface area contributed by atoms with E-state index in [4.69, 9.17) is 5.11 Å². The van der Waals surface area contributed by atoms with Crippen molar-refractivity contribution in [2.24, 2.45) is 0 Å². The van der Waals surface area contributed by atoms with Crippen LogP contribution in [0.3, 0.4) is 0 Å². The number of hydrogen-bond donors (Lipinski definition) is 1. The molecule has 2 aromatic heterocycles. The van der Waals surface area contributed by atoms with Gasteiger partial charge in [0.2, 0.25) is 0 Å². The van der Waals surface area contributed by atoms with Crippen molar-refractivity contribution in [2.75, 3.05) is 0 Å². The van der Waals surface area contributed by atoms with Crippen LogP contribution in [0, 0.1) is 0 Å². The molecule has 0 radical (unpaired) electrons. The molecule has 2 heterocycles. The lowest BCUT2D eigenvalue weighted by molar-refractivity contribution is 0.277. The van der Waals surface area contributed by atoms with Gasteiger partial charge in [0.1, 0.15) is 5.69 Å². The van der Waals surface area contributed by atoms with Gasteiger partial charge in [-0.15, -0.1) is 0 Å². The highest BCUT2D eigenvalue weighted by molar-refractivity contribution is 9.10. The summed E-state index contributed by atoms with van der Waals surface area (Å²) in [4.78, 5) is 12.4. The molecular formula is C10H8BrN3O. The van der Waals surface area contributed by atoms with Gasteiger partial charge in [0, 0.05) is 16.9 Å². The van der Waals surface area contributed by atoms with Gasteiger partial charge in [-0.1, -0.05) is 0 Å². The van der Waals surface area contributed by atoms with Gasteiger partial charge in [-0.3, -0.25) is 4.98 Å². The van der Waals surface area contributed by atoms with Gasteiger partial charge in [0.15, 0.2) is 5.82 Å². The van der Waals surface area contributed by atoms with Crippen LogP contribution in [-0.4, -0.2) is 20.1 Å². The van der Waals surface area contributed by atoms with Crippen LogP contribution in [0.2, 0.25) is 0 Å². The van der Waals surface area contributed by atoms with Gasteiger partial charge in [-0.2, -0.15) is 0 Å². The van der Waals surface area contributed by atoms with E-state index in [9.17, 15) is 0 Å². The Kier molecular flexibility index (Phi) is 3.03. The molecule has 76 valence electrons. The highest BCUT2D eigenvalue weighted by Gasteiger charge is 2.07. The molecule has 15 heavy (non-hydrogen) atoms. The van der Waals surface area contributed by atoms with Crippen molar-refractivity contribution < 1.29 is 5.11 Å². The van der Waals surface area contributed by atoms with Crippen LogP contribution in [0.15, 0.2) is 35.1 Å². The summed E-state index contributed by atoms with van der Waals surface area (Å²) >= 11 is 3.37. The van der Waals surface area contributed by atoms with E-state index in [1.165, 1.54) is 0 Å². The maximum Gasteiger partial charge on any atom is 0.179 e. The molecule has 0 atom stereocenters. The third kappa shape index (κ3) is 2.19. The van der Waals surface area contributed by atoms with E-state index in [-0.39, 0.29) is 6.61 Å². The van der Waals surface area contributed by atoms with Crippen LogP contribution in [-0.2, 0) is 6.61 Å². The first-order chi connectivity index (χ1) is 7.31. The van der Waals surface area contributed by atoms with Gasteiger partial charge < -0.3 is 5.11 Å². The summed E-state index contributed by atoms with van der Waals surface area (Å²) in [5.41, 5.74) is 1.25. The third-order valence-electron chi connectivity index (χ3n) is 1.85. The average molecular weight is 266 g/mol. The number of aliphatic hydroxyl groups is 1. The molecule has 0 amide bonds. The second-order valence-corrected chi connectivity index (χ2v) is 3.72. The molecule has 5 heteroatoms. The maximum absolute atomic E-state index is 8.96. The molecule has 4 nitrogen and oxygen atoms in total. The van der Waals surface area contributed by atoms with Crippen molar-refractivity contribution >= 4 is 15.9 Å². The van der Waals surface area contributed by atoms with Crippen molar-refractivity contribution in [3.8, 4) is 11.5 Å². The summed E-state index contributed by atoms with van der Waals surface area (Å²) in [6.07, 6.45) is 3.28. The summed E-state index contributed by atoms with van der Waals surface area (Å²) in [6.45, 7) is -0.0972. The Hall–Kier alpha value is -1.33. The molecule has 0 aliphatic carbocycles. The highest BCUT2D eigenvalue weighted by atomic mass is 79.9. The second-order valence-electron chi connectivity index (χ2n) is 2.86. The van der Waals surface area contributed by atoms with Gasteiger partial charge in [0.05, 0.1) is 12.3 Å². The summed E-state index contributed by atoms with van der Waals surface area (Å²) in [6, 6.07) is 5.36. The fourth-order valence-corrected chi connectivity index (χ4v) is 1.58. The van der Waals surface area contributed by atoms with Crippen molar-refractivity contribution in [3.63, 3.8) is 0 Å². The van der Waals surface area contributed by atoms with Crippen molar-refractivity contribution in [3.05, 3.63) is 40.8 Å². The minimum absolute atomic E-state index is 0.0972. The van der Waals surface area contributed by atoms with Gasteiger partial charge >= 0.3 is 0 Å². The molecule has 0 aromatic carbocycles. The summed E-state index contributed by atoms with van der Waals surface area (Å²) in [7, 11) is 0. The van der Waals surface area contributed by atoms with E-state index in [1.807, 2.05) is 12.1 Å². The first-order valence-corrected chi connectivity index (χ1v) is 5.14. The van der Waals surface area contributed by atoms with E-state index < -0.39 is 0 Å². The zero-order chi connectivity index (χ0) is 10.7. The lowest BCUT2D eigenvalue weighted by Crippen LogP contribution is -1.96. The molecular weight excluding hydrogens is 258 g/mol. The number of nitrogens with zero attached hydrogens (tertiary/aromatic N) is 3. The quantitative estimate of drug-likeness (QED) is 0.900. The number of pyridine rings is 1. The lowest BCUT2D eigenvalue weighted by Gasteiger charge is -2.02.